The normalized spacial score (nSPS) is 27.5. The van der Waals surface area contributed by atoms with Crippen LogP contribution in [0.5, 0.6) is 5.75 Å². The molecule has 4 heterocycles. The van der Waals surface area contributed by atoms with Crippen LogP contribution in [0.15, 0.2) is 54.1 Å². The zero-order valence-electron chi connectivity index (χ0n) is 27.3. The fraction of sp³-hybridized carbons (Fsp3) is 0.333. The van der Waals surface area contributed by atoms with Gasteiger partial charge in [-0.3, -0.25) is 23.9 Å². The van der Waals surface area contributed by atoms with Gasteiger partial charge in [0.25, 0.3) is 0 Å². The van der Waals surface area contributed by atoms with Crippen LogP contribution >= 0.6 is 22.9 Å². The molecule has 11 nitrogen and oxygen atoms in total. The number of benzene rings is 2. The smallest absolute Gasteiger partial charge is 0.423 e. The van der Waals surface area contributed by atoms with Crippen molar-refractivity contribution in [3.63, 3.8) is 0 Å². The van der Waals surface area contributed by atoms with Crippen LogP contribution in [0.1, 0.15) is 36.8 Å². The molecule has 8 rings (SSSR count). The molecule has 1 saturated carbocycles. The number of hydrogen-bond acceptors (Lipinski definition) is 9. The molecule has 14 heteroatoms. The summed E-state index contributed by atoms with van der Waals surface area (Å²) in [5.41, 5.74) is 0.587. The molecule has 6 atom stereocenters. The van der Waals surface area contributed by atoms with E-state index in [0.717, 1.165) is 38.6 Å². The second-order valence-electron chi connectivity index (χ2n) is 13.5. The highest BCUT2D eigenvalue weighted by atomic mass is 35.5. The van der Waals surface area contributed by atoms with Gasteiger partial charge in [-0.15, -0.1) is 11.3 Å². The van der Waals surface area contributed by atoms with Gasteiger partial charge in [0.1, 0.15) is 11.5 Å². The monoisotopic (exact) mass is 716 g/mol. The Morgan fingerprint density at radius 1 is 1.10 bits per heavy atom. The standard InChI is InChI=1S/C36H30ClFN4O7S/c1-15-20-12-16(37)8-11-25(20)50-30(15)24-14-26(40(3)39-24)41-32(45)22-13-21-17(9-10-18-27(21)33(46)42(31(18)44)35(48)49-4)28(36(22,2)34(41)47)19-6-5-7-23(38)29(19)43/h5-9,11-12,14,18,21-22,27-28,43H,10,13H2,1-4H3/t18-,21+,22-,27-,28+,36+/m0/s1. The second kappa shape index (κ2) is 11.1. The highest BCUT2D eigenvalue weighted by Crippen LogP contribution is 2.64. The molecule has 2 aliphatic heterocycles. The summed E-state index contributed by atoms with van der Waals surface area (Å²) in [5.74, 6) is -8.67. The zero-order chi connectivity index (χ0) is 35.5. The van der Waals surface area contributed by atoms with Gasteiger partial charge >= 0.3 is 6.09 Å². The van der Waals surface area contributed by atoms with E-state index < -0.39 is 76.3 Å². The molecule has 2 saturated heterocycles. The third-order valence-corrected chi connectivity index (χ3v) is 12.7. The number of aromatic hydroxyl groups is 1. The van der Waals surface area contributed by atoms with Crippen LogP contribution in [-0.2, 0) is 31.0 Å². The van der Waals surface area contributed by atoms with Crippen molar-refractivity contribution in [1.82, 2.24) is 14.7 Å². The van der Waals surface area contributed by atoms with E-state index in [1.807, 2.05) is 25.1 Å². The van der Waals surface area contributed by atoms with Crippen molar-refractivity contribution >= 4 is 68.6 Å². The van der Waals surface area contributed by atoms with E-state index in [4.69, 9.17) is 21.4 Å². The number of para-hydroxylation sites is 1. The molecule has 4 aliphatic rings. The molecule has 0 bridgehead atoms. The Labute approximate surface area is 293 Å². The minimum absolute atomic E-state index is 0.00603. The maximum Gasteiger partial charge on any atom is 0.423 e. The number of halogens is 2. The number of allylic oxidation sites excluding steroid dienone is 2. The number of rotatable bonds is 3. The summed E-state index contributed by atoms with van der Waals surface area (Å²) >= 11 is 7.77. The molecule has 2 aromatic carbocycles. The van der Waals surface area contributed by atoms with Crippen molar-refractivity contribution in [2.75, 3.05) is 12.0 Å². The van der Waals surface area contributed by atoms with Crippen LogP contribution in [0.3, 0.4) is 0 Å². The molecule has 256 valence electrons. The number of thiophene rings is 1. The minimum Gasteiger partial charge on any atom is -0.505 e. The van der Waals surface area contributed by atoms with Crippen molar-refractivity contribution < 1.29 is 38.2 Å². The van der Waals surface area contributed by atoms with Crippen LogP contribution in [0, 0.1) is 41.8 Å². The first kappa shape index (κ1) is 32.3. The van der Waals surface area contributed by atoms with Gasteiger partial charge in [0.2, 0.25) is 23.6 Å². The van der Waals surface area contributed by atoms with Gasteiger partial charge in [0.05, 0.1) is 35.2 Å². The Kier molecular flexibility index (Phi) is 7.15. The van der Waals surface area contributed by atoms with Gasteiger partial charge in [-0.05, 0) is 67.8 Å². The van der Waals surface area contributed by atoms with Crippen LogP contribution in [0.4, 0.5) is 15.0 Å². The second-order valence-corrected chi connectivity index (χ2v) is 15.0. The van der Waals surface area contributed by atoms with Crippen molar-refractivity contribution in [1.29, 1.82) is 0 Å². The van der Waals surface area contributed by atoms with E-state index in [9.17, 15) is 33.5 Å². The quantitative estimate of drug-likeness (QED) is 0.198. The third kappa shape index (κ3) is 4.19. The number of phenolic OH excluding ortho intramolecular Hbond substituents is 1. The summed E-state index contributed by atoms with van der Waals surface area (Å²) in [6.45, 7) is 3.59. The first-order chi connectivity index (χ1) is 23.8. The molecule has 4 aromatic rings. The number of imide groups is 4. The fourth-order valence-electron chi connectivity index (χ4n) is 8.83. The average Bonchev–Trinajstić information content (AvgIpc) is 3.76. The Bertz CT molecular complexity index is 2260. The molecule has 0 spiro atoms. The Hall–Kier alpha value is -4.88. The fourth-order valence-corrected chi connectivity index (χ4v) is 10.1. The van der Waals surface area contributed by atoms with Gasteiger partial charge in [-0.2, -0.15) is 10.00 Å². The van der Waals surface area contributed by atoms with Crippen molar-refractivity contribution in [3.8, 4) is 16.3 Å². The molecular formula is C36H30ClFN4O7S. The lowest BCUT2D eigenvalue weighted by Crippen LogP contribution is -2.49. The number of nitrogens with zero attached hydrogens (tertiary/aromatic N) is 4. The number of methoxy groups -OCH3 is 1. The number of likely N-dealkylation sites (tertiary alicyclic amines) is 1. The first-order valence-corrected chi connectivity index (χ1v) is 17.2. The molecule has 0 unspecified atom stereocenters. The van der Waals surface area contributed by atoms with Gasteiger partial charge in [-0.25, -0.2) is 14.1 Å². The van der Waals surface area contributed by atoms with E-state index in [-0.39, 0.29) is 24.2 Å². The molecule has 1 N–H and O–H groups in total. The highest BCUT2D eigenvalue weighted by molar-refractivity contribution is 7.22. The van der Waals surface area contributed by atoms with E-state index in [2.05, 4.69) is 0 Å². The lowest BCUT2D eigenvalue weighted by molar-refractivity contribution is -0.138. The van der Waals surface area contributed by atoms with Gasteiger partial charge in [0, 0.05) is 34.3 Å². The molecule has 50 heavy (non-hydrogen) atoms. The van der Waals surface area contributed by atoms with Gasteiger partial charge < -0.3 is 9.84 Å². The molecular weight excluding hydrogens is 687 g/mol. The summed E-state index contributed by atoms with van der Waals surface area (Å²) in [5, 5.41) is 17.4. The van der Waals surface area contributed by atoms with Crippen LogP contribution in [0.2, 0.25) is 5.02 Å². The largest absolute Gasteiger partial charge is 0.505 e. The number of carbonyl (C=O) groups excluding carboxylic acids is 5. The number of phenols is 1. The molecule has 5 amide bonds. The minimum atomic E-state index is -1.53. The van der Waals surface area contributed by atoms with Gasteiger partial charge in [-0.1, -0.05) is 35.4 Å². The van der Waals surface area contributed by atoms with Crippen molar-refractivity contribution in [3.05, 3.63) is 76.1 Å². The average molecular weight is 717 g/mol. The van der Waals surface area contributed by atoms with E-state index >= 15 is 0 Å². The predicted molar refractivity (Wildman–Crippen MR) is 181 cm³/mol. The lowest BCUT2D eigenvalue weighted by atomic mass is 9.51. The number of amides is 5. The summed E-state index contributed by atoms with van der Waals surface area (Å²) in [6.07, 6.45) is 0.719. The van der Waals surface area contributed by atoms with Gasteiger partial charge in [0.15, 0.2) is 11.6 Å². The topological polar surface area (TPSA) is 139 Å². The lowest BCUT2D eigenvalue weighted by Gasteiger charge is -2.49. The van der Waals surface area contributed by atoms with Crippen LogP contribution in [-0.4, -0.2) is 56.6 Å². The van der Waals surface area contributed by atoms with E-state index in [1.54, 1.807) is 26.1 Å². The molecule has 2 aliphatic carbocycles. The summed E-state index contributed by atoms with van der Waals surface area (Å²) in [6, 6.07) is 11.3. The van der Waals surface area contributed by atoms with E-state index in [1.165, 1.54) is 28.2 Å². The Balaban J connectivity index is 1.26. The maximum atomic E-state index is 15.0. The number of ether oxygens (including phenoxy) is 1. The number of aryl methyl sites for hydroxylation is 2. The third-order valence-electron chi connectivity index (χ3n) is 11.2. The maximum absolute atomic E-state index is 15.0. The first-order valence-electron chi connectivity index (χ1n) is 16.0. The molecule has 0 radical (unpaired) electrons. The number of carbonyl (C=O) groups is 5. The van der Waals surface area contributed by atoms with Crippen molar-refractivity contribution in [2.24, 2.45) is 36.1 Å². The zero-order valence-corrected chi connectivity index (χ0v) is 28.8. The Morgan fingerprint density at radius 3 is 2.60 bits per heavy atom. The summed E-state index contributed by atoms with van der Waals surface area (Å²) in [4.78, 5) is 71.5. The predicted octanol–water partition coefficient (Wildman–Crippen LogP) is 6.11. The molecule has 3 fully saturated rings. The SMILES string of the molecule is COC(=O)N1C(=O)[C@H]2[C@H](CC=C3[C@H]2C[C@H]2C(=O)N(c4cc(-c5sc6ccc(Cl)cc6c5C)nn4C)C(=O)[C@@]2(C)[C@H]3c2cccc(F)c2O)C1=O. The highest BCUT2D eigenvalue weighted by Gasteiger charge is 2.68. The number of fused-ring (bicyclic) bond motifs is 5. The van der Waals surface area contributed by atoms with Crippen molar-refractivity contribution in [2.45, 2.75) is 32.6 Å². The van der Waals surface area contributed by atoms with Crippen LogP contribution in [0.25, 0.3) is 20.7 Å². The summed E-state index contributed by atoms with van der Waals surface area (Å²) < 4.78 is 22.2. The number of hydrogen-bond donors (Lipinski definition) is 1. The number of anilines is 1. The molecule has 2 aromatic heterocycles. The summed E-state index contributed by atoms with van der Waals surface area (Å²) in [7, 11) is 2.71. The van der Waals surface area contributed by atoms with E-state index in [0.29, 0.717) is 21.2 Å². The van der Waals surface area contributed by atoms with Crippen LogP contribution < -0.4 is 4.90 Å². The number of aromatic nitrogens is 2. The Morgan fingerprint density at radius 2 is 1.86 bits per heavy atom.